The number of carboxylic acid groups (broad SMARTS) is 1. The first kappa shape index (κ1) is 22.3. The second-order valence-electron chi connectivity index (χ2n) is 8.88. The second-order valence-corrected chi connectivity index (χ2v) is 8.88. The molecule has 3 heterocycles. The van der Waals surface area contributed by atoms with E-state index in [9.17, 15) is 18.0 Å². The Morgan fingerprint density at radius 2 is 1.52 bits per heavy atom. The van der Waals surface area contributed by atoms with Crippen LogP contribution in [0.3, 0.4) is 0 Å². The van der Waals surface area contributed by atoms with Gasteiger partial charge in [0.05, 0.1) is 5.41 Å². The van der Waals surface area contributed by atoms with Crippen LogP contribution in [0.15, 0.2) is 0 Å². The molecule has 0 atom stereocenters. The van der Waals surface area contributed by atoms with Crippen molar-refractivity contribution in [3.8, 4) is 0 Å². The molecule has 3 saturated heterocycles. The standard InChI is InChI=1S/C18H30N2O2.C2HF3O2/c21-17-18(7-10-20(17)14-15-1-2-15)5-8-19(9-6-18)13-16-3-11-22-12-4-16;3-2(4,5)1(6)7/h15-16H,1-14H2;(H,6,7). The summed E-state index contributed by atoms with van der Waals surface area (Å²) in [6, 6.07) is 0. The van der Waals surface area contributed by atoms with Gasteiger partial charge in [0.2, 0.25) is 5.91 Å². The molecule has 1 amide bonds. The van der Waals surface area contributed by atoms with E-state index in [0.29, 0.717) is 5.91 Å². The third-order valence-corrected chi connectivity index (χ3v) is 6.69. The molecule has 1 spiro atoms. The zero-order valence-electron chi connectivity index (χ0n) is 16.8. The van der Waals surface area contributed by atoms with Crippen molar-refractivity contribution in [2.45, 2.75) is 51.1 Å². The molecular formula is C20H31F3N2O4. The Balaban J connectivity index is 0.000000298. The van der Waals surface area contributed by atoms with Crippen molar-refractivity contribution in [2.75, 3.05) is 45.9 Å². The fraction of sp³-hybridized carbons (Fsp3) is 0.900. The summed E-state index contributed by atoms with van der Waals surface area (Å²) in [5.41, 5.74) is 0.0149. The van der Waals surface area contributed by atoms with Crippen LogP contribution in [0.1, 0.15) is 44.9 Å². The molecule has 3 aliphatic heterocycles. The predicted octanol–water partition coefficient (Wildman–Crippen LogP) is 2.77. The number of hydrogen-bond donors (Lipinski definition) is 1. The fourth-order valence-corrected chi connectivity index (χ4v) is 4.60. The van der Waals surface area contributed by atoms with E-state index in [1.54, 1.807) is 0 Å². The SMILES string of the molecule is O=C(O)C(F)(F)F.O=C1N(CC2CC2)CCC12CCN(CC1CCOCC1)CC2. The lowest BCUT2D eigenvalue weighted by Crippen LogP contribution is -2.46. The molecule has 4 rings (SSSR count). The predicted molar refractivity (Wildman–Crippen MR) is 99.3 cm³/mol. The van der Waals surface area contributed by atoms with Crippen molar-refractivity contribution in [2.24, 2.45) is 17.3 Å². The molecule has 1 N–H and O–H groups in total. The molecule has 4 aliphatic rings. The summed E-state index contributed by atoms with van der Waals surface area (Å²) in [6.45, 7) is 7.43. The third-order valence-electron chi connectivity index (χ3n) is 6.69. The number of alkyl halides is 3. The largest absolute Gasteiger partial charge is 0.490 e. The number of nitrogens with zero attached hydrogens (tertiary/aromatic N) is 2. The van der Waals surface area contributed by atoms with Crippen LogP contribution in [0.2, 0.25) is 0 Å². The van der Waals surface area contributed by atoms with Gasteiger partial charge in [0.25, 0.3) is 0 Å². The number of aliphatic carboxylic acids is 1. The first-order chi connectivity index (χ1) is 13.7. The third kappa shape index (κ3) is 6.07. The van der Waals surface area contributed by atoms with E-state index in [1.807, 2.05) is 0 Å². The monoisotopic (exact) mass is 420 g/mol. The number of halogens is 3. The number of likely N-dealkylation sites (tertiary alicyclic amines) is 2. The molecule has 1 saturated carbocycles. The molecule has 29 heavy (non-hydrogen) atoms. The molecule has 4 fully saturated rings. The number of hydrogen-bond acceptors (Lipinski definition) is 4. The van der Waals surface area contributed by atoms with E-state index in [1.165, 1.54) is 32.2 Å². The second kappa shape index (κ2) is 9.20. The van der Waals surface area contributed by atoms with Crippen molar-refractivity contribution in [1.29, 1.82) is 0 Å². The van der Waals surface area contributed by atoms with Gasteiger partial charge in [-0.15, -0.1) is 0 Å². The van der Waals surface area contributed by atoms with Crippen LogP contribution in [-0.2, 0) is 14.3 Å². The van der Waals surface area contributed by atoms with Crippen LogP contribution in [0.5, 0.6) is 0 Å². The first-order valence-corrected chi connectivity index (χ1v) is 10.6. The smallest absolute Gasteiger partial charge is 0.475 e. The zero-order chi connectivity index (χ0) is 21.1. The molecule has 0 unspecified atom stereocenters. The zero-order valence-corrected chi connectivity index (χ0v) is 16.8. The van der Waals surface area contributed by atoms with Crippen LogP contribution in [0.4, 0.5) is 13.2 Å². The minimum atomic E-state index is -5.08. The summed E-state index contributed by atoms with van der Waals surface area (Å²) in [4.78, 5) is 26.5. The molecule has 6 nitrogen and oxygen atoms in total. The first-order valence-electron chi connectivity index (χ1n) is 10.6. The maximum absolute atomic E-state index is 12.8. The maximum atomic E-state index is 12.8. The summed E-state index contributed by atoms with van der Waals surface area (Å²) in [5, 5.41) is 7.12. The molecule has 166 valence electrons. The average Bonchev–Trinajstić information content (AvgIpc) is 3.45. The highest BCUT2D eigenvalue weighted by Crippen LogP contribution is 2.43. The Morgan fingerprint density at radius 1 is 1.00 bits per heavy atom. The average molecular weight is 420 g/mol. The van der Waals surface area contributed by atoms with Crippen LogP contribution in [-0.4, -0.2) is 78.9 Å². The van der Waals surface area contributed by atoms with Gasteiger partial charge in [-0.2, -0.15) is 13.2 Å². The molecule has 0 aromatic carbocycles. The number of carbonyl (C=O) groups excluding carboxylic acids is 1. The molecule has 0 aromatic rings. The van der Waals surface area contributed by atoms with E-state index in [4.69, 9.17) is 14.6 Å². The van der Waals surface area contributed by atoms with Gasteiger partial charge in [0, 0.05) is 32.8 Å². The lowest BCUT2D eigenvalue weighted by atomic mass is 9.77. The summed E-state index contributed by atoms with van der Waals surface area (Å²) in [7, 11) is 0. The Morgan fingerprint density at radius 3 is 2.03 bits per heavy atom. The minimum absolute atomic E-state index is 0.0149. The number of carboxylic acids is 1. The Labute approximate surface area is 169 Å². The van der Waals surface area contributed by atoms with Gasteiger partial charge in [0.15, 0.2) is 0 Å². The molecule has 0 bridgehead atoms. The highest BCUT2D eigenvalue weighted by molar-refractivity contribution is 5.85. The van der Waals surface area contributed by atoms with E-state index in [2.05, 4.69) is 9.80 Å². The van der Waals surface area contributed by atoms with Gasteiger partial charge in [-0.05, 0) is 69.9 Å². The van der Waals surface area contributed by atoms with Gasteiger partial charge in [0.1, 0.15) is 0 Å². The highest BCUT2D eigenvalue weighted by atomic mass is 19.4. The van der Waals surface area contributed by atoms with E-state index >= 15 is 0 Å². The lowest BCUT2D eigenvalue weighted by Gasteiger charge is -2.39. The maximum Gasteiger partial charge on any atom is 0.490 e. The topological polar surface area (TPSA) is 70.1 Å². The molecule has 9 heteroatoms. The number of amides is 1. The van der Waals surface area contributed by atoms with Crippen molar-refractivity contribution >= 4 is 11.9 Å². The summed E-state index contributed by atoms with van der Waals surface area (Å²) in [5.74, 6) is -0.626. The quantitative estimate of drug-likeness (QED) is 0.758. The highest BCUT2D eigenvalue weighted by Gasteiger charge is 2.48. The molecule has 0 radical (unpaired) electrons. The number of ether oxygens (including phenoxy) is 1. The number of carbonyl (C=O) groups is 2. The normalized spacial score (nSPS) is 25.8. The van der Waals surface area contributed by atoms with Gasteiger partial charge < -0.3 is 19.6 Å². The van der Waals surface area contributed by atoms with Crippen LogP contribution in [0.25, 0.3) is 0 Å². The fourth-order valence-electron chi connectivity index (χ4n) is 4.60. The Bertz CT molecular complexity index is 581. The number of piperidine rings is 1. The Kier molecular flexibility index (Phi) is 7.09. The van der Waals surface area contributed by atoms with Crippen molar-refractivity contribution in [1.82, 2.24) is 9.80 Å². The summed E-state index contributed by atoms with van der Waals surface area (Å²) in [6.07, 6.45) is 3.34. The van der Waals surface area contributed by atoms with Gasteiger partial charge >= 0.3 is 12.1 Å². The van der Waals surface area contributed by atoms with Gasteiger partial charge in [-0.25, -0.2) is 4.79 Å². The van der Waals surface area contributed by atoms with Crippen LogP contribution in [0, 0.1) is 17.3 Å². The molecule has 0 aromatic heterocycles. The lowest BCUT2D eigenvalue weighted by molar-refractivity contribution is -0.192. The van der Waals surface area contributed by atoms with Gasteiger partial charge in [-0.1, -0.05) is 0 Å². The van der Waals surface area contributed by atoms with Gasteiger partial charge in [-0.3, -0.25) is 4.79 Å². The minimum Gasteiger partial charge on any atom is -0.475 e. The summed E-state index contributed by atoms with van der Waals surface area (Å²) >= 11 is 0. The van der Waals surface area contributed by atoms with Crippen molar-refractivity contribution in [3.63, 3.8) is 0 Å². The van der Waals surface area contributed by atoms with E-state index in [-0.39, 0.29) is 5.41 Å². The van der Waals surface area contributed by atoms with Crippen LogP contribution >= 0.6 is 0 Å². The molecule has 1 aliphatic carbocycles. The van der Waals surface area contributed by atoms with E-state index in [0.717, 1.165) is 70.5 Å². The van der Waals surface area contributed by atoms with Crippen LogP contribution < -0.4 is 0 Å². The van der Waals surface area contributed by atoms with Crippen molar-refractivity contribution < 1.29 is 32.6 Å². The van der Waals surface area contributed by atoms with Crippen molar-refractivity contribution in [3.05, 3.63) is 0 Å². The van der Waals surface area contributed by atoms with E-state index < -0.39 is 12.1 Å². The summed E-state index contributed by atoms with van der Waals surface area (Å²) < 4.78 is 37.2. The number of rotatable bonds is 4. The molecular weight excluding hydrogens is 389 g/mol. The Hall–Kier alpha value is -1.35.